The van der Waals surface area contributed by atoms with Crippen LogP contribution in [0, 0.1) is 0 Å². The number of phenolic OH excluding ortho intramolecular Hbond substituents is 1. The number of benzene rings is 1. The van der Waals surface area contributed by atoms with Gasteiger partial charge in [-0.25, -0.2) is 9.97 Å². The zero-order valence-electron chi connectivity index (χ0n) is 15.2. The molecule has 1 aromatic carbocycles. The Bertz CT molecular complexity index is 834. The van der Waals surface area contributed by atoms with E-state index in [9.17, 15) is 9.90 Å². The fourth-order valence-electron chi connectivity index (χ4n) is 3.95. The molecule has 0 amide bonds. The van der Waals surface area contributed by atoms with E-state index >= 15 is 0 Å². The number of nitrogens with zero attached hydrogens (tertiary/aromatic N) is 4. The molecule has 1 aliphatic carbocycles. The summed E-state index contributed by atoms with van der Waals surface area (Å²) in [6.07, 6.45) is 2.65. The first-order chi connectivity index (χ1) is 13.2. The van der Waals surface area contributed by atoms with Crippen molar-refractivity contribution >= 4 is 11.7 Å². The van der Waals surface area contributed by atoms with Crippen molar-refractivity contribution in [1.82, 2.24) is 14.9 Å². The Kier molecular flexibility index (Phi) is 5.05. The van der Waals surface area contributed by atoms with E-state index in [0.717, 1.165) is 37.4 Å². The van der Waals surface area contributed by atoms with Gasteiger partial charge in [0.25, 0.3) is 0 Å². The van der Waals surface area contributed by atoms with Crippen molar-refractivity contribution in [2.45, 2.75) is 18.8 Å². The van der Waals surface area contributed by atoms with Crippen LogP contribution in [0.3, 0.4) is 0 Å². The second-order valence-electron chi connectivity index (χ2n) is 7.17. The maximum atomic E-state index is 12.6. The van der Waals surface area contributed by atoms with E-state index in [0.29, 0.717) is 30.9 Å². The van der Waals surface area contributed by atoms with E-state index in [-0.39, 0.29) is 24.1 Å². The Balaban J connectivity index is 1.54. The number of β-amino-alcohol motifs (C(OH)–C–C–N with tert-alkyl or cyclic N) is 1. The average Bonchev–Trinajstić information content (AvgIpc) is 2.69. The Morgan fingerprint density at radius 3 is 2.63 bits per heavy atom. The molecule has 1 unspecified atom stereocenters. The zero-order valence-corrected chi connectivity index (χ0v) is 15.2. The molecule has 1 aromatic heterocycles. The number of Topliss-reactive ketones (excluding diaryl/α,β-unsaturated/α-hetero) is 1. The van der Waals surface area contributed by atoms with Gasteiger partial charge in [0.1, 0.15) is 5.75 Å². The lowest BCUT2D eigenvalue weighted by molar-refractivity contribution is 0.0962. The Hall–Kier alpha value is -2.51. The molecule has 0 bridgehead atoms. The first-order valence-corrected chi connectivity index (χ1v) is 9.41. The lowest BCUT2D eigenvalue weighted by atomic mass is 9.82. The molecule has 1 atom stereocenters. The van der Waals surface area contributed by atoms with Gasteiger partial charge in [0.2, 0.25) is 5.95 Å². The molecule has 0 spiro atoms. The SMILES string of the molecule is O=C1CC(c2ccccc2O)Cc2nc(N3CCN(CCO)CC3)ncc21. The maximum Gasteiger partial charge on any atom is 0.225 e. The molecule has 2 N–H and O–H groups in total. The number of aliphatic hydroxyl groups excluding tert-OH is 1. The third-order valence-corrected chi connectivity index (χ3v) is 5.47. The molecule has 142 valence electrons. The van der Waals surface area contributed by atoms with Crippen LogP contribution in [0.5, 0.6) is 5.75 Å². The molecular formula is C20H24N4O3. The first kappa shape index (κ1) is 17.9. The second kappa shape index (κ2) is 7.62. The van der Waals surface area contributed by atoms with Gasteiger partial charge in [-0.15, -0.1) is 0 Å². The van der Waals surface area contributed by atoms with Crippen LogP contribution >= 0.6 is 0 Å². The van der Waals surface area contributed by atoms with Gasteiger partial charge in [0, 0.05) is 51.3 Å². The molecule has 2 aromatic rings. The van der Waals surface area contributed by atoms with Crippen LogP contribution in [0.1, 0.15) is 34.0 Å². The number of para-hydroxylation sites is 1. The van der Waals surface area contributed by atoms with Gasteiger partial charge in [-0.05, 0) is 18.1 Å². The summed E-state index contributed by atoms with van der Waals surface area (Å²) in [5, 5.41) is 19.2. The molecular weight excluding hydrogens is 344 g/mol. The number of ketones is 1. The highest BCUT2D eigenvalue weighted by molar-refractivity contribution is 5.98. The molecule has 1 fully saturated rings. The van der Waals surface area contributed by atoms with Crippen LogP contribution in [0.25, 0.3) is 0 Å². The van der Waals surface area contributed by atoms with Gasteiger partial charge in [0.15, 0.2) is 5.78 Å². The number of phenols is 1. The van der Waals surface area contributed by atoms with Crippen molar-refractivity contribution in [3.8, 4) is 5.75 Å². The minimum atomic E-state index is -0.0599. The van der Waals surface area contributed by atoms with E-state index in [2.05, 4.69) is 14.8 Å². The van der Waals surface area contributed by atoms with E-state index in [4.69, 9.17) is 10.1 Å². The number of aromatic hydroxyl groups is 1. The molecule has 27 heavy (non-hydrogen) atoms. The lowest BCUT2D eigenvalue weighted by Gasteiger charge is -2.34. The standard InChI is InChI=1S/C20H24N4O3/c25-10-9-23-5-7-24(8-6-23)20-21-13-16-17(22-20)11-14(12-19(16)27)15-3-1-2-4-18(15)26/h1-4,13-14,25-26H,5-12H2. The molecule has 1 saturated heterocycles. The predicted molar refractivity (Wildman–Crippen MR) is 101 cm³/mol. The topological polar surface area (TPSA) is 89.8 Å². The third kappa shape index (κ3) is 3.65. The quantitative estimate of drug-likeness (QED) is 0.838. The molecule has 7 nitrogen and oxygen atoms in total. The largest absolute Gasteiger partial charge is 0.508 e. The molecule has 2 heterocycles. The summed E-state index contributed by atoms with van der Waals surface area (Å²) in [7, 11) is 0. The third-order valence-electron chi connectivity index (χ3n) is 5.47. The summed E-state index contributed by atoms with van der Waals surface area (Å²) in [5.74, 6) is 0.857. The summed E-state index contributed by atoms with van der Waals surface area (Å²) in [6.45, 7) is 4.19. The minimum absolute atomic E-state index is 0.0313. The van der Waals surface area contributed by atoms with Crippen molar-refractivity contribution < 1.29 is 15.0 Å². The van der Waals surface area contributed by atoms with Crippen LogP contribution in [0.15, 0.2) is 30.5 Å². The van der Waals surface area contributed by atoms with Crippen LogP contribution in [0.4, 0.5) is 5.95 Å². The zero-order chi connectivity index (χ0) is 18.8. The molecule has 0 saturated carbocycles. The maximum absolute atomic E-state index is 12.6. The molecule has 1 aliphatic heterocycles. The molecule has 7 heteroatoms. The molecule has 2 aliphatic rings. The summed E-state index contributed by atoms with van der Waals surface area (Å²) in [6, 6.07) is 7.20. The number of piperazine rings is 1. The van der Waals surface area contributed by atoms with Crippen LogP contribution in [-0.4, -0.2) is 70.2 Å². The monoisotopic (exact) mass is 368 g/mol. The number of carbonyl (C=O) groups excluding carboxylic acids is 1. The number of fused-ring (bicyclic) bond motifs is 1. The van der Waals surface area contributed by atoms with E-state index < -0.39 is 0 Å². The number of rotatable bonds is 4. The van der Waals surface area contributed by atoms with E-state index in [1.807, 2.05) is 12.1 Å². The van der Waals surface area contributed by atoms with Gasteiger partial charge in [0.05, 0.1) is 17.9 Å². The Morgan fingerprint density at radius 1 is 1.11 bits per heavy atom. The van der Waals surface area contributed by atoms with Gasteiger partial charge in [-0.2, -0.15) is 0 Å². The van der Waals surface area contributed by atoms with Crippen molar-refractivity contribution in [2.24, 2.45) is 0 Å². The van der Waals surface area contributed by atoms with Crippen molar-refractivity contribution in [3.63, 3.8) is 0 Å². The number of aliphatic hydroxyl groups is 1. The van der Waals surface area contributed by atoms with E-state index in [1.165, 1.54) is 0 Å². The number of hydrogen-bond donors (Lipinski definition) is 2. The highest BCUT2D eigenvalue weighted by Gasteiger charge is 2.30. The summed E-state index contributed by atoms with van der Waals surface area (Å²) in [5.41, 5.74) is 2.17. The number of carbonyl (C=O) groups is 1. The van der Waals surface area contributed by atoms with E-state index in [1.54, 1.807) is 18.3 Å². The number of hydrogen-bond acceptors (Lipinski definition) is 7. The van der Waals surface area contributed by atoms with Crippen LogP contribution < -0.4 is 4.90 Å². The summed E-state index contributed by atoms with van der Waals surface area (Å²) in [4.78, 5) is 26.1. The lowest BCUT2D eigenvalue weighted by Crippen LogP contribution is -2.47. The van der Waals surface area contributed by atoms with Crippen molar-refractivity contribution in [1.29, 1.82) is 0 Å². The Morgan fingerprint density at radius 2 is 1.89 bits per heavy atom. The van der Waals surface area contributed by atoms with Crippen molar-refractivity contribution in [2.75, 3.05) is 44.2 Å². The van der Waals surface area contributed by atoms with Gasteiger partial charge in [-0.3, -0.25) is 9.69 Å². The van der Waals surface area contributed by atoms with Gasteiger partial charge in [-0.1, -0.05) is 18.2 Å². The average molecular weight is 368 g/mol. The minimum Gasteiger partial charge on any atom is -0.508 e. The highest BCUT2D eigenvalue weighted by Crippen LogP contribution is 2.36. The highest BCUT2D eigenvalue weighted by atomic mass is 16.3. The van der Waals surface area contributed by atoms with Crippen LogP contribution in [0.2, 0.25) is 0 Å². The van der Waals surface area contributed by atoms with Crippen molar-refractivity contribution in [3.05, 3.63) is 47.3 Å². The Labute approximate surface area is 158 Å². The van der Waals surface area contributed by atoms with Gasteiger partial charge >= 0.3 is 0 Å². The predicted octanol–water partition coefficient (Wildman–Crippen LogP) is 1.21. The fourth-order valence-corrected chi connectivity index (χ4v) is 3.95. The number of anilines is 1. The fraction of sp³-hybridized carbons (Fsp3) is 0.450. The summed E-state index contributed by atoms with van der Waals surface area (Å²) < 4.78 is 0. The summed E-state index contributed by atoms with van der Waals surface area (Å²) >= 11 is 0. The normalized spacial score (nSPS) is 20.6. The second-order valence-corrected chi connectivity index (χ2v) is 7.17. The first-order valence-electron chi connectivity index (χ1n) is 9.41. The van der Waals surface area contributed by atoms with Crippen LogP contribution in [-0.2, 0) is 6.42 Å². The smallest absolute Gasteiger partial charge is 0.225 e. The molecule has 4 rings (SSSR count). The molecule has 0 radical (unpaired) electrons. The number of aromatic nitrogens is 2. The van der Waals surface area contributed by atoms with Gasteiger partial charge < -0.3 is 15.1 Å².